The van der Waals surface area contributed by atoms with E-state index < -0.39 is 0 Å². The molecule has 2 rings (SSSR count). The summed E-state index contributed by atoms with van der Waals surface area (Å²) in [7, 11) is 3.48. The quantitative estimate of drug-likeness (QED) is 0.291. The van der Waals surface area contributed by atoms with Crippen LogP contribution < -0.4 is 10.6 Å². The maximum atomic E-state index is 11.7. The van der Waals surface area contributed by atoms with Crippen molar-refractivity contribution in [1.82, 2.24) is 15.5 Å². The molecular formula is C17H31IN4O2. The topological polar surface area (TPSA) is 66.0 Å². The molecule has 1 aliphatic carbocycles. The van der Waals surface area contributed by atoms with Crippen LogP contribution in [-0.2, 0) is 9.53 Å². The molecule has 1 spiro atoms. The Kier molecular flexibility index (Phi) is 9.04. The third-order valence-electron chi connectivity index (χ3n) is 4.63. The fourth-order valence-electron chi connectivity index (χ4n) is 3.32. The second kappa shape index (κ2) is 10.2. The minimum absolute atomic E-state index is 0. The van der Waals surface area contributed by atoms with Gasteiger partial charge in [-0.1, -0.05) is 18.9 Å². The first-order chi connectivity index (χ1) is 11.0. The van der Waals surface area contributed by atoms with Crippen molar-refractivity contribution >= 4 is 35.8 Å². The number of halogens is 1. The number of hydrogen-bond acceptors (Lipinski definition) is 3. The maximum absolute atomic E-state index is 11.7. The van der Waals surface area contributed by atoms with Gasteiger partial charge in [-0.05, 0) is 25.7 Å². The summed E-state index contributed by atoms with van der Waals surface area (Å²) in [6.45, 7) is 5.28. The molecule has 0 aromatic carbocycles. The largest absolute Gasteiger partial charge is 0.375 e. The number of rotatable bonds is 5. The Hall–Kier alpha value is -0.830. The van der Waals surface area contributed by atoms with Crippen molar-refractivity contribution in [2.24, 2.45) is 4.99 Å². The fraction of sp³-hybridized carbons (Fsp3) is 0.765. The number of likely N-dealkylation sites (N-methyl/N-ethyl adjacent to an activating group) is 1. The third kappa shape index (κ3) is 6.23. The standard InChI is InChI=1S/C17H30N4O2.HI/c1-4-10-18-16(19-13-15(22)21(2)3)20-14-7-11-23-17(12-14)8-5-6-9-17;/h4,14H,1,5-13H2,2-3H3,(H2,18,19,20);1H. The van der Waals surface area contributed by atoms with E-state index in [-0.39, 0.29) is 42.0 Å². The lowest BCUT2D eigenvalue weighted by atomic mass is 9.89. The number of carbonyl (C=O) groups is 1. The van der Waals surface area contributed by atoms with Gasteiger partial charge in [-0.15, -0.1) is 30.6 Å². The van der Waals surface area contributed by atoms with Gasteiger partial charge in [0.15, 0.2) is 5.96 Å². The van der Waals surface area contributed by atoms with E-state index in [1.165, 1.54) is 12.8 Å². The Balaban J connectivity index is 0.00000288. The van der Waals surface area contributed by atoms with Crippen molar-refractivity contribution in [1.29, 1.82) is 0 Å². The summed E-state index contributed by atoms with van der Waals surface area (Å²) in [4.78, 5) is 17.7. The van der Waals surface area contributed by atoms with E-state index in [1.54, 1.807) is 25.1 Å². The molecule has 2 fully saturated rings. The van der Waals surface area contributed by atoms with Gasteiger partial charge in [-0.25, -0.2) is 4.99 Å². The van der Waals surface area contributed by atoms with Gasteiger partial charge in [0.2, 0.25) is 5.91 Å². The lowest BCUT2D eigenvalue weighted by Crippen LogP contribution is -2.50. The van der Waals surface area contributed by atoms with Crippen molar-refractivity contribution in [2.75, 3.05) is 33.8 Å². The van der Waals surface area contributed by atoms with Gasteiger partial charge in [0.25, 0.3) is 0 Å². The summed E-state index contributed by atoms with van der Waals surface area (Å²) in [5.74, 6) is 0.670. The van der Waals surface area contributed by atoms with E-state index in [1.807, 2.05) is 0 Å². The highest BCUT2D eigenvalue weighted by molar-refractivity contribution is 14.0. The first-order valence-corrected chi connectivity index (χ1v) is 8.54. The predicted molar refractivity (Wildman–Crippen MR) is 108 cm³/mol. The number of amides is 1. The van der Waals surface area contributed by atoms with Crippen LogP contribution in [0.3, 0.4) is 0 Å². The summed E-state index contributed by atoms with van der Waals surface area (Å²) < 4.78 is 6.07. The zero-order chi connectivity index (χ0) is 16.7. The van der Waals surface area contributed by atoms with Crippen molar-refractivity contribution in [2.45, 2.75) is 50.2 Å². The summed E-state index contributed by atoms with van der Waals surface area (Å²) in [6.07, 6.45) is 8.63. The van der Waals surface area contributed by atoms with Crippen LogP contribution in [0.25, 0.3) is 0 Å². The van der Waals surface area contributed by atoms with Crippen molar-refractivity contribution < 1.29 is 9.53 Å². The number of ether oxygens (including phenoxy) is 1. The van der Waals surface area contributed by atoms with Gasteiger partial charge in [-0.2, -0.15) is 0 Å². The normalized spacial score (nSPS) is 22.6. The van der Waals surface area contributed by atoms with E-state index in [0.29, 0.717) is 18.5 Å². The van der Waals surface area contributed by atoms with Crippen LogP contribution in [0.4, 0.5) is 0 Å². The number of nitrogens with one attached hydrogen (secondary N) is 2. The summed E-state index contributed by atoms with van der Waals surface area (Å²) in [6, 6.07) is 0.340. The van der Waals surface area contributed by atoms with Crippen molar-refractivity contribution in [3.8, 4) is 0 Å². The number of carbonyl (C=O) groups excluding carboxylic acids is 1. The van der Waals surface area contributed by atoms with E-state index in [2.05, 4.69) is 22.2 Å². The Morgan fingerprint density at radius 3 is 2.75 bits per heavy atom. The molecule has 1 unspecified atom stereocenters. The van der Waals surface area contributed by atoms with Gasteiger partial charge in [0.05, 0.1) is 5.60 Å². The summed E-state index contributed by atoms with van der Waals surface area (Å²) >= 11 is 0. The monoisotopic (exact) mass is 450 g/mol. The van der Waals surface area contributed by atoms with E-state index >= 15 is 0 Å². The molecule has 1 atom stereocenters. The van der Waals surface area contributed by atoms with Crippen LogP contribution >= 0.6 is 24.0 Å². The van der Waals surface area contributed by atoms with E-state index in [4.69, 9.17) is 4.74 Å². The van der Waals surface area contributed by atoms with Gasteiger partial charge in [-0.3, -0.25) is 4.79 Å². The molecule has 1 saturated carbocycles. The molecule has 0 bridgehead atoms. The molecule has 0 aromatic heterocycles. The molecule has 7 heteroatoms. The minimum atomic E-state index is -0.0102. The maximum Gasteiger partial charge on any atom is 0.243 e. The van der Waals surface area contributed by atoms with Gasteiger partial charge < -0.3 is 20.3 Å². The van der Waals surface area contributed by atoms with Crippen LogP contribution in [0.15, 0.2) is 17.6 Å². The molecular weight excluding hydrogens is 419 g/mol. The molecule has 1 saturated heterocycles. The Bertz CT molecular complexity index is 448. The Labute approximate surface area is 162 Å². The number of hydrogen-bond donors (Lipinski definition) is 2. The fourth-order valence-corrected chi connectivity index (χ4v) is 3.32. The molecule has 1 amide bonds. The average molecular weight is 450 g/mol. The van der Waals surface area contributed by atoms with Crippen LogP contribution in [-0.4, -0.2) is 62.2 Å². The van der Waals surface area contributed by atoms with Crippen LogP contribution in [0.1, 0.15) is 38.5 Å². The van der Waals surface area contributed by atoms with Gasteiger partial charge in [0, 0.05) is 33.3 Å². The van der Waals surface area contributed by atoms with Crippen LogP contribution in [0.2, 0.25) is 0 Å². The smallest absolute Gasteiger partial charge is 0.243 e. The first kappa shape index (κ1) is 21.2. The first-order valence-electron chi connectivity index (χ1n) is 8.54. The lowest BCUT2D eigenvalue weighted by Gasteiger charge is -2.39. The molecule has 0 aromatic rings. The molecule has 0 radical (unpaired) electrons. The van der Waals surface area contributed by atoms with Crippen LogP contribution in [0.5, 0.6) is 0 Å². The number of guanidine groups is 1. The summed E-state index contributed by atoms with van der Waals surface area (Å²) in [5.41, 5.74) is 0.0684. The molecule has 1 heterocycles. The highest BCUT2D eigenvalue weighted by Gasteiger charge is 2.40. The Morgan fingerprint density at radius 2 is 2.12 bits per heavy atom. The predicted octanol–water partition coefficient (Wildman–Crippen LogP) is 1.91. The summed E-state index contributed by atoms with van der Waals surface area (Å²) in [5, 5.41) is 6.68. The highest BCUT2D eigenvalue weighted by atomic mass is 127. The van der Waals surface area contributed by atoms with E-state index in [9.17, 15) is 4.79 Å². The second-order valence-electron chi connectivity index (χ2n) is 6.70. The molecule has 1 aliphatic heterocycles. The third-order valence-corrected chi connectivity index (χ3v) is 4.63. The second-order valence-corrected chi connectivity index (χ2v) is 6.70. The lowest BCUT2D eigenvalue weighted by molar-refractivity contribution is -0.127. The minimum Gasteiger partial charge on any atom is -0.375 e. The molecule has 6 nitrogen and oxygen atoms in total. The zero-order valence-electron chi connectivity index (χ0n) is 14.8. The van der Waals surface area contributed by atoms with Gasteiger partial charge >= 0.3 is 0 Å². The zero-order valence-corrected chi connectivity index (χ0v) is 17.2. The number of nitrogens with zero attached hydrogens (tertiary/aromatic N) is 2. The molecule has 2 aliphatic rings. The van der Waals surface area contributed by atoms with Crippen LogP contribution in [0, 0.1) is 0 Å². The van der Waals surface area contributed by atoms with Crippen molar-refractivity contribution in [3.05, 3.63) is 12.7 Å². The molecule has 24 heavy (non-hydrogen) atoms. The Morgan fingerprint density at radius 1 is 1.42 bits per heavy atom. The van der Waals surface area contributed by atoms with Gasteiger partial charge in [0.1, 0.15) is 6.54 Å². The average Bonchev–Trinajstić information content (AvgIpc) is 2.97. The highest BCUT2D eigenvalue weighted by Crippen LogP contribution is 2.39. The van der Waals surface area contributed by atoms with E-state index in [0.717, 1.165) is 32.3 Å². The molecule has 2 N–H and O–H groups in total. The van der Waals surface area contributed by atoms with Crippen molar-refractivity contribution in [3.63, 3.8) is 0 Å². The molecule has 138 valence electrons. The SMILES string of the molecule is C=CCNC(=NCC(=O)N(C)C)NC1CCOC2(CCCC2)C1.I. The number of aliphatic imine (C=N–C) groups is 1.